The van der Waals surface area contributed by atoms with Crippen LogP contribution < -0.4 is 15.0 Å². The zero-order valence-corrected chi connectivity index (χ0v) is 13.1. The summed E-state index contributed by atoms with van der Waals surface area (Å²) in [7, 11) is 0. The molecule has 4 aromatic rings. The second-order valence-corrected chi connectivity index (χ2v) is 5.66. The Morgan fingerprint density at radius 1 is 1.20 bits per heavy atom. The number of oxazole rings is 1. The van der Waals surface area contributed by atoms with Gasteiger partial charge in [0, 0.05) is 17.3 Å². The number of aromatic nitrogens is 4. The number of hydrogen-bond acceptors (Lipinski definition) is 6. The highest BCUT2D eigenvalue weighted by atomic mass is 16.7. The first-order valence-corrected chi connectivity index (χ1v) is 7.63. The molecule has 124 valence electrons. The van der Waals surface area contributed by atoms with Crippen molar-refractivity contribution in [1.82, 2.24) is 19.6 Å². The van der Waals surface area contributed by atoms with Crippen LogP contribution in [0.25, 0.3) is 28.4 Å². The zero-order valence-electron chi connectivity index (χ0n) is 13.1. The average molecular weight is 336 g/mol. The van der Waals surface area contributed by atoms with E-state index in [0.717, 1.165) is 11.3 Å². The van der Waals surface area contributed by atoms with Crippen LogP contribution in [-0.4, -0.2) is 26.4 Å². The molecule has 0 saturated heterocycles. The van der Waals surface area contributed by atoms with Crippen molar-refractivity contribution < 1.29 is 13.9 Å². The summed E-state index contributed by atoms with van der Waals surface area (Å²) in [5.74, 6) is 1.73. The maximum absolute atomic E-state index is 12.5. The second kappa shape index (κ2) is 4.97. The number of fused-ring (bicyclic) bond motifs is 2. The zero-order chi connectivity index (χ0) is 17.0. The smallest absolute Gasteiger partial charge is 0.273 e. The van der Waals surface area contributed by atoms with Crippen LogP contribution in [-0.2, 0) is 0 Å². The first-order chi connectivity index (χ1) is 12.2. The molecule has 0 spiro atoms. The molecule has 4 heterocycles. The van der Waals surface area contributed by atoms with E-state index in [9.17, 15) is 4.79 Å². The SMILES string of the molecule is Cc1[nH]n2c(=O)cc(-c3ccc4c(c3)OCO4)nc2c1-c1ncco1. The minimum atomic E-state index is -0.224. The maximum Gasteiger partial charge on any atom is 0.273 e. The van der Waals surface area contributed by atoms with Gasteiger partial charge >= 0.3 is 0 Å². The lowest BCUT2D eigenvalue weighted by Gasteiger charge is -2.03. The standard InChI is InChI=1S/C17H12N4O4/c1-9-15(17-18-4-5-23-17)16-19-11(7-14(22)21(16)20-9)10-2-3-12-13(6-10)25-8-24-12/h2-7,20H,8H2,1H3. The van der Waals surface area contributed by atoms with Crippen LogP contribution in [0, 0.1) is 6.92 Å². The van der Waals surface area contributed by atoms with Gasteiger partial charge in [0.05, 0.1) is 11.9 Å². The molecule has 1 aliphatic heterocycles. The first-order valence-electron chi connectivity index (χ1n) is 7.63. The van der Waals surface area contributed by atoms with Crippen LogP contribution in [0.1, 0.15) is 5.69 Å². The van der Waals surface area contributed by atoms with E-state index in [1.54, 1.807) is 12.3 Å². The molecule has 8 nitrogen and oxygen atoms in total. The van der Waals surface area contributed by atoms with Gasteiger partial charge in [0.2, 0.25) is 12.7 Å². The van der Waals surface area contributed by atoms with E-state index < -0.39 is 0 Å². The van der Waals surface area contributed by atoms with Crippen LogP contribution in [0.5, 0.6) is 11.5 Å². The Bertz CT molecular complexity index is 1160. The van der Waals surface area contributed by atoms with E-state index in [4.69, 9.17) is 13.9 Å². The van der Waals surface area contributed by atoms with Gasteiger partial charge in [0.15, 0.2) is 17.1 Å². The molecule has 0 amide bonds. The fourth-order valence-electron chi connectivity index (χ4n) is 2.96. The van der Waals surface area contributed by atoms with Crippen molar-refractivity contribution in [2.75, 3.05) is 6.79 Å². The number of benzene rings is 1. The molecule has 0 bridgehead atoms. The number of nitrogens with zero attached hydrogens (tertiary/aromatic N) is 3. The number of hydrogen-bond donors (Lipinski definition) is 1. The second-order valence-electron chi connectivity index (χ2n) is 5.66. The van der Waals surface area contributed by atoms with Gasteiger partial charge in [-0.2, -0.15) is 0 Å². The molecule has 8 heteroatoms. The highest BCUT2D eigenvalue weighted by Gasteiger charge is 2.19. The molecule has 0 radical (unpaired) electrons. The Morgan fingerprint density at radius 2 is 2.08 bits per heavy atom. The van der Waals surface area contributed by atoms with Crippen molar-refractivity contribution in [3.63, 3.8) is 0 Å². The summed E-state index contributed by atoms with van der Waals surface area (Å²) in [4.78, 5) is 21.3. The highest BCUT2D eigenvalue weighted by Crippen LogP contribution is 2.35. The third-order valence-electron chi connectivity index (χ3n) is 4.11. The van der Waals surface area contributed by atoms with Gasteiger partial charge < -0.3 is 13.9 Å². The van der Waals surface area contributed by atoms with Gasteiger partial charge in [-0.05, 0) is 25.1 Å². The number of aryl methyl sites for hydroxylation is 1. The van der Waals surface area contributed by atoms with Crippen LogP contribution in [0.4, 0.5) is 0 Å². The van der Waals surface area contributed by atoms with Crippen molar-refractivity contribution in [2.45, 2.75) is 6.92 Å². The molecular weight excluding hydrogens is 324 g/mol. The van der Waals surface area contributed by atoms with E-state index >= 15 is 0 Å². The summed E-state index contributed by atoms with van der Waals surface area (Å²) in [6, 6.07) is 6.93. The minimum absolute atomic E-state index is 0.194. The number of rotatable bonds is 2. The quantitative estimate of drug-likeness (QED) is 0.604. The monoisotopic (exact) mass is 336 g/mol. The van der Waals surface area contributed by atoms with Gasteiger partial charge in [0.1, 0.15) is 11.8 Å². The molecule has 0 atom stereocenters. The predicted molar refractivity (Wildman–Crippen MR) is 87.6 cm³/mol. The van der Waals surface area contributed by atoms with E-state index in [0.29, 0.717) is 34.3 Å². The van der Waals surface area contributed by atoms with Crippen molar-refractivity contribution in [3.05, 3.63) is 52.8 Å². The van der Waals surface area contributed by atoms with E-state index in [1.807, 2.05) is 19.1 Å². The molecule has 1 aliphatic rings. The number of H-pyrrole nitrogens is 1. The van der Waals surface area contributed by atoms with Crippen molar-refractivity contribution >= 4 is 5.65 Å². The predicted octanol–water partition coefficient (Wildman–Crippen LogP) is 2.38. The molecule has 0 aliphatic carbocycles. The summed E-state index contributed by atoms with van der Waals surface area (Å²) in [6.07, 6.45) is 3.04. The van der Waals surface area contributed by atoms with Crippen LogP contribution in [0.15, 0.2) is 45.9 Å². The van der Waals surface area contributed by atoms with E-state index in [2.05, 4.69) is 15.1 Å². The molecule has 25 heavy (non-hydrogen) atoms. The topological polar surface area (TPSA) is 94.7 Å². The van der Waals surface area contributed by atoms with Gasteiger partial charge in [0.25, 0.3) is 5.56 Å². The minimum Gasteiger partial charge on any atom is -0.454 e. The molecule has 1 N–H and O–H groups in total. The maximum atomic E-state index is 12.5. The fraction of sp³-hybridized carbons (Fsp3) is 0.118. The number of ether oxygens (including phenoxy) is 2. The molecule has 1 aromatic carbocycles. The number of aromatic amines is 1. The largest absolute Gasteiger partial charge is 0.454 e. The first kappa shape index (κ1) is 13.8. The highest BCUT2D eigenvalue weighted by molar-refractivity contribution is 5.76. The van der Waals surface area contributed by atoms with Crippen LogP contribution >= 0.6 is 0 Å². The third-order valence-corrected chi connectivity index (χ3v) is 4.11. The Balaban J connectivity index is 1.75. The van der Waals surface area contributed by atoms with Gasteiger partial charge in [-0.1, -0.05) is 0 Å². The Labute approximate surface area is 140 Å². The molecule has 3 aromatic heterocycles. The van der Waals surface area contributed by atoms with Crippen molar-refractivity contribution in [1.29, 1.82) is 0 Å². The van der Waals surface area contributed by atoms with Crippen LogP contribution in [0.3, 0.4) is 0 Å². The lowest BCUT2D eigenvalue weighted by atomic mass is 10.1. The lowest BCUT2D eigenvalue weighted by Crippen LogP contribution is -2.14. The molecule has 0 fully saturated rings. The summed E-state index contributed by atoms with van der Waals surface area (Å²) in [5, 5.41) is 3.00. The fourth-order valence-corrected chi connectivity index (χ4v) is 2.96. The normalized spacial score (nSPS) is 12.8. The van der Waals surface area contributed by atoms with Gasteiger partial charge in [-0.25, -0.2) is 14.5 Å². The van der Waals surface area contributed by atoms with Crippen molar-refractivity contribution in [3.8, 4) is 34.2 Å². The average Bonchev–Trinajstić information content (AvgIpc) is 3.32. The van der Waals surface area contributed by atoms with Crippen molar-refractivity contribution in [2.24, 2.45) is 0 Å². The Hall–Kier alpha value is -3.55. The molecular formula is C17H12N4O4. The molecule has 0 unspecified atom stereocenters. The summed E-state index contributed by atoms with van der Waals surface area (Å²) in [6.45, 7) is 2.03. The Morgan fingerprint density at radius 3 is 2.92 bits per heavy atom. The summed E-state index contributed by atoms with van der Waals surface area (Å²) in [5.41, 5.74) is 2.94. The van der Waals surface area contributed by atoms with E-state index in [1.165, 1.54) is 16.8 Å². The van der Waals surface area contributed by atoms with Gasteiger partial charge in [-0.3, -0.25) is 9.89 Å². The van der Waals surface area contributed by atoms with Gasteiger partial charge in [-0.15, -0.1) is 0 Å². The summed E-state index contributed by atoms with van der Waals surface area (Å²) < 4.78 is 17.5. The summed E-state index contributed by atoms with van der Waals surface area (Å²) >= 11 is 0. The van der Waals surface area contributed by atoms with E-state index in [-0.39, 0.29) is 12.4 Å². The Kier molecular flexibility index (Phi) is 2.75. The third kappa shape index (κ3) is 2.04. The lowest BCUT2D eigenvalue weighted by molar-refractivity contribution is 0.174. The number of nitrogens with one attached hydrogen (secondary N) is 1. The van der Waals surface area contributed by atoms with Crippen LogP contribution in [0.2, 0.25) is 0 Å². The molecule has 5 rings (SSSR count). The molecule has 0 saturated carbocycles.